The van der Waals surface area contributed by atoms with Gasteiger partial charge in [-0.05, 0) is 68.4 Å². The van der Waals surface area contributed by atoms with Crippen molar-refractivity contribution in [2.45, 2.75) is 0 Å². The minimum absolute atomic E-state index is 0.624. The maximum atomic E-state index is 5.06. The zero-order valence-corrected chi connectivity index (χ0v) is 34.8. The number of fused-ring (bicyclic) bond motifs is 1. The summed E-state index contributed by atoms with van der Waals surface area (Å²) in [4.78, 5) is 25.1. The van der Waals surface area contributed by atoms with Gasteiger partial charge in [-0.1, -0.05) is 212 Å². The maximum absolute atomic E-state index is 5.06. The fourth-order valence-electron chi connectivity index (χ4n) is 8.14. The van der Waals surface area contributed by atoms with Crippen LogP contribution in [0.25, 0.3) is 112 Å². The van der Waals surface area contributed by atoms with Crippen LogP contribution in [0.2, 0.25) is 0 Å². The lowest BCUT2D eigenvalue weighted by Crippen LogP contribution is -2.00. The van der Waals surface area contributed by atoms with Crippen molar-refractivity contribution in [1.82, 2.24) is 24.9 Å². The first-order chi connectivity index (χ1) is 31.7. The smallest absolute Gasteiger partial charge is 0.164 e. The summed E-state index contributed by atoms with van der Waals surface area (Å²) in [6, 6.07) is 81.9. The standard InChI is InChI=1S/C59H39N5/c1-5-14-40(15-6-1)41-26-32-48(33-27-41)58-62-57(47-20-11-4-12-21-47)63-59(64-58)52-23-13-22-49(36-52)51-35-29-43-28-34-50(37-53(43)38-51)42-24-30-45(31-25-42)55-39-54(44-16-7-2-8-17-44)60-56(61-55)46-18-9-3-10-19-46/h1-39H. The SMILES string of the molecule is c1ccc(-c2ccc(-c3nc(-c4ccccc4)nc(-c4cccc(-c5ccc6ccc(-c7ccc(-c8cc(-c9ccccc9)nc(-c9ccccc9)n8)cc7)cc6c5)c4)n3)cc2)cc1. The van der Waals surface area contributed by atoms with Crippen LogP contribution in [-0.2, 0) is 0 Å². The molecule has 0 bridgehead atoms. The van der Waals surface area contributed by atoms with Crippen molar-refractivity contribution in [2.24, 2.45) is 0 Å². The van der Waals surface area contributed by atoms with Crippen molar-refractivity contribution in [1.29, 1.82) is 0 Å². The van der Waals surface area contributed by atoms with Gasteiger partial charge in [0.25, 0.3) is 0 Å². The molecule has 300 valence electrons. The van der Waals surface area contributed by atoms with Gasteiger partial charge in [0.1, 0.15) is 0 Å². The lowest BCUT2D eigenvalue weighted by molar-refractivity contribution is 1.07. The van der Waals surface area contributed by atoms with E-state index in [1.807, 2.05) is 72.8 Å². The molecule has 0 N–H and O–H groups in total. The van der Waals surface area contributed by atoms with Crippen LogP contribution in [0.1, 0.15) is 0 Å². The molecule has 2 aromatic heterocycles. The average molecular weight is 818 g/mol. The van der Waals surface area contributed by atoms with Crippen LogP contribution in [-0.4, -0.2) is 24.9 Å². The Balaban J connectivity index is 0.905. The normalized spacial score (nSPS) is 11.1. The molecule has 0 saturated carbocycles. The van der Waals surface area contributed by atoms with E-state index < -0.39 is 0 Å². The third kappa shape index (κ3) is 7.97. The average Bonchev–Trinajstić information content (AvgIpc) is 3.39. The molecule has 9 aromatic carbocycles. The summed E-state index contributed by atoms with van der Waals surface area (Å²) in [5.74, 6) is 2.59. The van der Waals surface area contributed by atoms with Gasteiger partial charge < -0.3 is 0 Å². The third-order valence-electron chi connectivity index (χ3n) is 11.6. The fraction of sp³-hybridized carbons (Fsp3) is 0. The molecule has 64 heavy (non-hydrogen) atoms. The highest BCUT2D eigenvalue weighted by Crippen LogP contribution is 2.34. The summed E-state index contributed by atoms with van der Waals surface area (Å²) in [5, 5.41) is 2.34. The van der Waals surface area contributed by atoms with Crippen LogP contribution in [0.15, 0.2) is 237 Å². The summed E-state index contributed by atoms with van der Waals surface area (Å²) >= 11 is 0. The summed E-state index contributed by atoms with van der Waals surface area (Å²) in [7, 11) is 0. The second-order valence-electron chi connectivity index (χ2n) is 15.7. The predicted octanol–water partition coefficient (Wildman–Crippen LogP) is 14.8. The van der Waals surface area contributed by atoms with E-state index in [-0.39, 0.29) is 0 Å². The van der Waals surface area contributed by atoms with Gasteiger partial charge >= 0.3 is 0 Å². The van der Waals surface area contributed by atoms with Crippen LogP contribution in [0.4, 0.5) is 0 Å². The van der Waals surface area contributed by atoms with Crippen LogP contribution in [0.3, 0.4) is 0 Å². The van der Waals surface area contributed by atoms with Crippen LogP contribution >= 0.6 is 0 Å². The maximum Gasteiger partial charge on any atom is 0.164 e. The lowest BCUT2D eigenvalue weighted by atomic mass is 9.96. The Morgan fingerprint density at radius 2 is 0.484 bits per heavy atom. The molecule has 5 nitrogen and oxygen atoms in total. The summed E-state index contributed by atoms with van der Waals surface area (Å²) in [6.45, 7) is 0. The van der Waals surface area contributed by atoms with Crippen molar-refractivity contribution < 1.29 is 0 Å². The van der Waals surface area contributed by atoms with E-state index in [2.05, 4.69) is 164 Å². The minimum atomic E-state index is 0.624. The first kappa shape index (κ1) is 38.3. The molecule has 0 aliphatic heterocycles. The summed E-state index contributed by atoms with van der Waals surface area (Å²) < 4.78 is 0. The van der Waals surface area contributed by atoms with E-state index in [0.29, 0.717) is 23.3 Å². The van der Waals surface area contributed by atoms with E-state index in [9.17, 15) is 0 Å². The molecule has 0 aliphatic rings. The van der Waals surface area contributed by atoms with E-state index in [1.165, 1.54) is 10.9 Å². The van der Waals surface area contributed by atoms with Gasteiger partial charge in [0.15, 0.2) is 23.3 Å². The highest BCUT2D eigenvalue weighted by Gasteiger charge is 2.15. The van der Waals surface area contributed by atoms with Gasteiger partial charge in [0.2, 0.25) is 0 Å². The van der Waals surface area contributed by atoms with Crippen LogP contribution < -0.4 is 0 Å². The van der Waals surface area contributed by atoms with Crippen molar-refractivity contribution in [3.8, 4) is 101 Å². The topological polar surface area (TPSA) is 64.5 Å². The molecular formula is C59H39N5. The fourth-order valence-corrected chi connectivity index (χ4v) is 8.14. The zero-order valence-electron chi connectivity index (χ0n) is 34.8. The predicted molar refractivity (Wildman–Crippen MR) is 262 cm³/mol. The molecule has 11 rings (SSSR count). The first-order valence-corrected chi connectivity index (χ1v) is 21.4. The Kier molecular flexibility index (Phi) is 10.2. The number of hydrogen-bond donors (Lipinski definition) is 0. The van der Waals surface area contributed by atoms with Crippen molar-refractivity contribution in [3.05, 3.63) is 237 Å². The van der Waals surface area contributed by atoms with Crippen molar-refractivity contribution >= 4 is 10.8 Å². The molecule has 0 saturated heterocycles. The molecule has 0 atom stereocenters. The summed E-state index contributed by atoms with van der Waals surface area (Å²) in [6.07, 6.45) is 0. The number of benzene rings is 9. The zero-order chi connectivity index (χ0) is 42.7. The van der Waals surface area contributed by atoms with Gasteiger partial charge in [-0.3, -0.25) is 0 Å². The van der Waals surface area contributed by atoms with Gasteiger partial charge in [-0.25, -0.2) is 24.9 Å². The van der Waals surface area contributed by atoms with E-state index in [4.69, 9.17) is 24.9 Å². The molecule has 2 heterocycles. The van der Waals surface area contributed by atoms with Gasteiger partial charge in [-0.15, -0.1) is 0 Å². The Morgan fingerprint density at radius 3 is 1.03 bits per heavy atom. The lowest BCUT2D eigenvalue weighted by Gasteiger charge is -2.11. The number of rotatable bonds is 9. The minimum Gasteiger partial charge on any atom is -0.228 e. The van der Waals surface area contributed by atoms with Crippen LogP contribution in [0, 0.1) is 0 Å². The molecule has 0 radical (unpaired) electrons. The number of nitrogens with zero attached hydrogens (tertiary/aromatic N) is 5. The Bertz CT molecular complexity index is 3330. The molecule has 11 aromatic rings. The Labute approximate surface area is 372 Å². The van der Waals surface area contributed by atoms with Gasteiger partial charge in [0, 0.05) is 33.4 Å². The number of aromatic nitrogens is 5. The quantitative estimate of drug-likeness (QED) is 0.145. The molecule has 0 spiro atoms. The van der Waals surface area contributed by atoms with E-state index in [1.54, 1.807) is 0 Å². The van der Waals surface area contributed by atoms with Gasteiger partial charge in [0.05, 0.1) is 11.4 Å². The molecule has 0 amide bonds. The van der Waals surface area contributed by atoms with E-state index >= 15 is 0 Å². The molecule has 5 heteroatoms. The largest absolute Gasteiger partial charge is 0.228 e. The Morgan fingerprint density at radius 1 is 0.172 bits per heavy atom. The monoisotopic (exact) mass is 817 g/mol. The first-order valence-electron chi connectivity index (χ1n) is 21.4. The van der Waals surface area contributed by atoms with E-state index in [0.717, 1.165) is 78.0 Å². The molecule has 0 aliphatic carbocycles. The molecule has 0 fully saturated rings. The second-order valence-corrected chi connectivity index (χ2v) is 15.7. The van der Waals surface area contributed by atoms with Crippen LogP contribution in [0.5, 0.6) is 0 Å². The highest BCUT2D eigenvalue weighted by atomic mass is 15.0. The second kappa shape index (κ2) is 17.0. The third-order valence-corrected chi connectivity index (χ3v) is 11.6. The van der Waals surface area contributed by atoms with Crippen molar-refractivity contribution in [3.63, 3.8) is 0 Å². The number of hydrogen-bond acceptors (Lipinski definition) is 5. The Hall–Kier alpha value is -8.67. The molecule has 0 unspecified atom stereocenters. The molecular weight excluding hydrogens is 779 g/mol. The summed E-state index contributed by atoms with van der Waals surface area (Å²) in [5.41, 5.74) is 14.4. The van der Waals surface area contributed by atoms with Gasteiger partial charge in [-0.2, -0.15) is 0 Å². The van der Waals surface area contributed by atoms with Crippen molar-refractivity contribution in [2.75, 3.05) is 0 Å². The highest BCUT2D eigenvalue weighted by molar-refractivity contribution is 5.91.